The van der Waals surface area contributed by atoms with E-state index in [0.29, 0.717) is 11.4 Å². The molecule has 2 aromatic carbocycles. The molecule has 1 aromatic heterocycles. The third-order valence-electron chi connectivity index (χ3n) is 4.23. The first-order valence-corrected chi connectivity index (χ1v) is 12.5. The lowest BCUT2D eigenvalue weighted by Gasteiger charge is -2.18. The highest BCUT2D eigenvalue weighted by Crippen LogP contribution is 2.26. The van der Waals surface area contributed by atoms with Gasteiger partial charge in [-0.3, -0.25) is 4.31 Å². The summed E-state index contributed by atoms with van der Waals surface area (Å²) in [6, 6.07) is 17.5. The van der Waals surface area contributed by atoms with Crippen LogP contribution in [0.15, 0.2) is 75.1 Å². The van der Waals surface area contributed by atoms with E-state index < -0.39 is 16.0 Å². The van der Waals surface area contributed by atoms with Crippen molar-refractivity contribution in [1.29, 1.82) is 0 Å². The van der Waals surface area contributed by atoms with Crippen LogP contribution in [0, 0.1) is 0 Å². The highest BCUT2D eigenvalue weighted by atomic mass is 32.2. The average Bonchev–Trinajstić information content (AvgIpc) is 3.32. The fourth-order valence-corrected chi connectivity index (χ4v) is 5.27. The Morgan fingerprint density at radius 1 is 1.07 bits per heavy atom. The van der Waals surface area contributed by atoms with Crippen molar-refractivity contribution >= 4 is 44.8 Å². The van der Waals surface area contributed by atoms with E-state index in [1.54, 1.807) is 53.5 Å². The molecule has 0 saturated carbocycles. The highest BCUT2D eigenvalue weighted by molar-refractivity contribution is 7.98. The van der Waals surface area contributed by atoms with Gasteiger partial charge in [-0.1, -0.05) is 18.2 Å². The molecular weight excluding hydrogens is 442 g/mol. The number of thioether (sulfide) groups is 1. The summed E-state index contributed by atoms with van der Waals surface area (Å²) in [5.74, 6) is -0.0349. The number of rotatable bonds is 9. The first-order chi connectivity index (χ1) is 14.4. The van der Waals surface area contributed by atoms with Crippen LogP contribution in [0.4, 0.5) is 5.69 Å². The van der Waals surface area contributed by atoms with Gasteiger partial charge < -0.3 is 9.47 Å². The molecule has 0 unspecified atom stereocenters. The van der Waals surface area contributed by atoms with Gasteiger partial charge in [-0.25, -0.2) is 13.2 Å². The number of benzene rings is 2. The number of nitrogens with zero attached hydrogens (tertiary/aromatic N) is 1. The van der Waals surface area contributed by atoms with Crippen LogP contribution in [-0.2, 0) is 26.2 Å². The Morgan fingerprint density at radius 2 is 1.77 bits per heavy atom. The molecule has 30 heavy (non-hydrogen) atoms. The Labute approximate surface area is 184 Å². The third-order valence-corrected chi connectivity index (χ3v) is 8.13. The molecule has 6 nitrogen and oxygen atoms in total. The van der Waals surface area contributed by atoms with Crippen LogP contribution in [-0.4, -0.2) is 34.3 Å². The molecule has 0 radical (unpaired) electrons. The summed E-state index contributed by atoms with van der Waals surface area (Å²) in [5.41, 5.74) is 1.40. The van der Waals surface area contributed by atoms with Crippen molar-refractivity contribution in [3.8, 4) is 5.75 Å². The Bertz CT molecular complexity index is 1060. The number of esters is 1. The SMILES string of the molecule is CSc1ccc(COC(=O)COc2ccc(N(C)S(=O)(=O)c3cccs3)cc2)cc1. The molecule has 0 fully saturated rings. The number of thiophene rings is 1. The predicted molar refractivity (Wildman–Crippen MR) is 120 cm³/mol. The second-order valence-corrected chi connectivity index (χ2v) is 10.2. The third kappa shape index (κ3) is 5.56. The molecule has 9 heteroatoms. The lowest BCUT2D eigenvalue weighted by atomic mass is 10.2. The summed E-state index contributed by atoms with van der Waals surface area (Å²) in [6.45, 7) is -0.0489. The minimum absolute atomic E-state index is 0.182. The maximum atomic E-state index is 12.6. The molecule has 3 rings (SSSR count). The fourth-order valence-electron chi connectivity index (χ4n) is 2.51. The summed E-state index contributed by atoms with van der Waals surface area (Å²) >= 11 is 2.81. The van der Waals surface area contributed by atoms with Crippen molar-refractivity contribution in [3.05, 3.63) is 71.6 Å². The Balaban J connectivity index is 1.51. The highest BCUT2D eigenvalue weighted by Gasteiger charge is 2.22. The van der Waals surface area contributed by atoms with Crippen LogP contribution in [0.25, 0.3) is 0 Å². The lowest BCUT2D eigenvalue weighted by molar-refractivity contribution is -0.147. The molecule has 0 spiro atoms. The topological polar surface area (TPSA) is 72.9 Å². The summed E-state index contributed by atoms with van der Waals surface area (Å²) in [6.07, 6.45) is 2.00. The molecule has 0 aliphatic rings. The van der Waals surface area contributed by atoms with E-state index in [2.05, 4.69) is 0 Å². The number of sulfonamides is 1. The van der Waals surface area contributed by atoms with Crippen LogP contribution in [0.5, 0.6) is 5.75 Å². The molecule has 0 amide bonds. The maximum absolute atomic E-state index is 12.6. The molecular formula is C21H21NO5S3. The van der Waals surface area contributed by atoms with Crippen LogP contribution >= 0.6 is 23.1 Å². The van der Waals surface area contributed by atoms with Gasteiger partial charge in [0.1, 0.15) is 16.6 Å². The van der Waals surface area contributed by atoms with Crippen LogP contribution in [0.1, 0.15) is 5.56 Å². The number of ether oxygens (including phenoxy) is 2. The van der Waals surface area contributed by atoms with Gasteiger partial charge in [0.05, 0.1) is 5.69 Å². The van der Waals surface area contributed by atoms with Crippen molar-refractivity contribution in [2.24, 2.45) is 0 Å². The zero-order chi connectivity index (χ0) is 21.6. The molecule has 0 N–H and O–H groups in total. The van der Waals surface area contributed by atoms with Gasteiger partial charge in [0.25, 0.3) is 10.0 Å². The molecule has 0 bridgehead atoms. The Kier molecular flexibility index (Phi) is 7.41. The van der Waals surface area contributed by atoms with Gasteiger partial charge >= 0.3 is 5.97 Å². The number of hydrogen-bond acceptors (Lipinski definition) is 7. The van der Waals surface area contributed by atoms with Crippen molar-refractivity contribution in [2.75, 3.05) is 24.2 Å². The van der Waals surface area contributed by atoms with E-state index in [0.717, 1.165) is 10.5 Å². The standard InChI is InChI=1S/C21H21NO5S3/c1-22(30(24,25)21-4-3-13-29-21)17-7-9-18(10-8-17)26-15-20(23)27-14-16-5-11-19(28-2)12-6-16/h3-13H,14-15H2,1-2H3. The molecule has 158 valence electrons. The zero-order valence-electron chi connectivity index (χ0n) is 16.5. The zero-order valence-corrected chi connectivity index (χ0v) is 18.9. The summed E-state index contributed by atoms with van der Waals surface area (Å²) < 4.78 is 37.3. The molecule has 0 saturated heterocycles. The summed E-state index contributed by atoms with van der Waals surface area (Å²) in [4.78, 5) is 13.1. The Morgan fingerprint density at radius 3 is 2.37 bits per heavy atom. The maximum Gasteiger partial charge on any atom is 0.344 e. The first-order valence-electron chi connectivity index (χ1n) is 8.94. The van der Waals surface area contributed by atoms with Crippen molar-refractivity contribution < 1.29 is 22.7 Å². The van der Waals surface area contributed by atoms with E-state index in [1.807, 2.05) is 30.5 Å². The quantitative estimate of drug-likeness (QED) is 0.346. The lowest BCUT2D eigenvalue weighted by Crippen LogP contribution is -2.25. The largest absolute Gasteiger partial charge is 0.482 e. The van der Waals surface area contributed by atoms with Gasteiger partial charge in [0.15, 0.2) is 6.61 Å². The molecule has 1 heterocycles. The van der Waals surface area contributed by atoms with Gasteiger partial charge in [-0.15, -0.1) is 23.1 Å². The second-order valence-electron chi connectivity index (χ2n) is 6.20. The van der Waals surface area contributed by atoms with Crippen LogP contribution < -0.4 is 9.04 Å². The first kappa shape index (κ1) is 22.2. The van der Waals surface area contributed by atoms with Crippen molar-refractivity contribution in [3.63, 3.8) is 0 Å². The minimum Gasteiger partial charge on any atom is -0.482 e. The average molecular weight is 464 g/mol. The van der Waals surface area contributed by atoms with Crippen LogP contribution in [0.3, 0.4) is 0 Å². The van der Waals surface area contributed by atoms with E-state index in [-0.39, 0.29) is 17.4 Å². The summed E-state index contributed by atoms with van der Waals surface area (Å²) in [5, 5.41) is 1.72. The van der Waals surface area contributed by atoms with Crippen molar-refractivity contribution in [1.82, 2.24) is 0 Å². The van der Waals surface area contributed by atoms with Gasteiger partial charge in [-0.05, 0) is 59.7 Å². The second kappa shape index (κ2) is 10.0. The normalized spacial score (nSPS) is 11.1. The molecule has 0 aliphatic carbocycles. The minimum atomic E-state index is -3.59. The van der Waals surface area contributed by atoms with Gasteiger partial charge in [0, 0.05) is 11.9 Å². The Hall–Kier alpha value is -2.49. The van der Waals surface area contributed by atoms with E-state index in [9.17, 15) is 13.2 Å². The number of carbonyl (C=O) groups excluding carboxylic acids is 1. The van der Waals surface area contributed by atoms with Crippen LogP contribution in [0.2, 0.25) is 0 Å². The number of anilines is 1. The molecule has 0 atom stereocenters. The van der Waals surface area contributed by atoms with E-state index in [4.69, 9.17) is 9.47 Å². The molecule has 3 aromatic rings. The fraction of sp³-hybridized carbons (Fsp3) is 0.190. The van der Waals surface area contributed by atoms with E-state index in [1.165, 1.54) is 22.7 Å². The molecule has 0 aliphatic heterocycles. The monoisotopic (exact) mass is 463 g/mol. The van der Waals surface area contributed by atoms with Gasteiger partial charge in [0.2, 0.25) is 0 Å². The predicted octanol–water partition coefficient (Wildman–Crippen LogP) is 4.42. The van der Waals surface area contributed by atoms with Crippen molar-refractivity contribution in [2.45, 2.75) is 15.7 Å². The number of hydrogen-bond donors (Lipinski definition) is 0. The van der Waals surface area contributed by atoms with E-state index >= 15 is 0 Å². The summed E-state index contributed by atoms with van der Waals surface area (Å²) in [7, 11) is -2.10. The van der Waals surface area contributed by atoms with Gasteiger partial charge in [-0.2, -0.15) is 0 Å². The number of carbonyl (C=O) groups is 1. The smallest absolute Gasteiger partial charge is 0.344 e.